The minimum absolute atomic E-state index is 0.0220. The number of nitrogens with zero attached hydrogens (tertiary/aromatic N) is 3. The molecule has 3 aromatic carbocycles. The average molecular weight is 503 g/mol. The number of aliphatic hydroxyl groups is 1. The van der Waals surface area contributed by atoms with Crippen molar-refractivity contribution in [2.45, 2.75) is 43.2 Å². The van der Waals surface area contributed by atoms with E-state index in [0.29, 0.717) is 6.54 Å². The summed E-state index contributed by atoms with van der Waals surface area (Å²) in [6.07, 6.45) is 1.77. The van der Waals surface area contributed by atoms with Crippen molar-refractivity contribution in [3.63, 3.8) is 0 Å². The van der Waals surface area contributed by atoms with Gasteiger partial charge in [-0.15, -0.1) is 10.2 Å². The van der Waals surface area contributed by atoms with E-state index in [-0.39, 0.29) is 18.8 Å². The fourth-order valence-corrected chi connectivity index (χ4v) is 5.30. The molecule has 1 aliphatic heterocycles. The molecule has 1 aromatic heterocycles. The van der Waals surface area contributed by atoms with Crippen molar-refractivity contribution in [3.8, 4) is 11.1 Å². The SMILES string of the molecule is Cn1cnnc1SCC1CC(c2ccc(CO)cc2)OC(c2ccc(-c3ccccc3CN)cc2)O1. The minimum Gasteiger partial charge on any atom is -0.392 e. The predicted octanol–water partition coefficient (Wildman–Crippen LogP) is 4.77. The van der Waals surface area contributed by atoms with E-state index in [1.54, 1.807) is 18.1 Å². The lowest BCUT2D eigenvalue weighted by molar-refractivity contribution is -0.245. The second kappa shape index (κ2) is 11.4. The monoisotopic (exact) mass is 502 g/mol. The van der Waals surface area contributed by atoms with Gasteiger partial charge in [-0.05, 0) is 27.8 Å². The quantitative estimate of drug-likeness (QED) is 0.335. The van der Waals surface area contributed by atoms with Gasteiger partial charge < -0.3 is 24.9 Å². The highest BCUT2D eigenvalue weighted by Gasteiger charge is 2.32. The minimum atomic E-state index is -0.495. The molecule has 1 fully saturated rings. The van der Waals surface area contributed by atoms with Crippen molar-refractivity contribution in [2.75, 3.05) is 5.75 Å². The Morgan fingerprint density at radius 1 is 1.00 bits per heavy atom. The Morgan fingerprint density at radius 2 is 1.75 bits per heavy atom. The van der Waals surface area contributed by atoms with Crippen LogP contribution in [0.1, 0.15) is 41.1 Å². The lowest BCUT2D eigenvalue weighted by Gasteiger charge is -2.36. The molecule has 4 aromatic rings. The van der Waals surface area contributed by atoms with Crippen LogP contribution in [0.4, 0.5) is 0 Å². The van der Waals surface area contributed by atoms with E-state index in [1.807, 2.05) is 48.0 Å². The van der Waals surface area contributed by atoms with Crippen molar-refractivity contribution < 1.29 is 14.6 Å². The van der Waals surface area contributed by atoms with Crippen molar-refractivity contribution in [2.24, 2.45) is 12.8 Å². The first-order chi connectivity index (χ1) is 17.6. The number of aromatic nitrogens is 3. The molecule has 5 rings (SSSR count). The van der Waals surface area contributed by atoms with Gasteiger partial charge in [0.1, 0.15) is 6.33 Å². The van der Waals surface area contributed by atoms with Crippen molar-refractivity contribution in [1.82, 2.24) is 14.8 Å². The fourth-order valence-electron chi connectivity index (χ4n) is 4.39. The number of aliphatic hydroxyl groups excluding tert-OH is 1. The number of benzene rings is 3. The van der Waals surface area contributed by atoms with Gasteiger partial charge in [-0.2, -0.15) is 0 Å². The maximum Gasteiger partial charge on any atom is 0.190 e. The maximum absolute atomic E-state index is 9.42. The Hall–Kier alpha value is -3.01. The van der Waals surface area contributed by atoms with Crippen LogP contribution in [0.25, 0.3) is 11.1 Å². The second-order valence-corrected chi connectivity index (χ2v) is 9.86. The lowest BCUT2D eigenvalue weighted by atomic mass is 9.98. The fraction of sp³-hybridized carbons (Fsp3) is 0.286. The molecule has 8 heteroatoms. The number of aryl methyl sites for hydroxylation is 1. The van der Waals surface area contributed by atoms with Gasteiger partial charge in [-0.3, -0.25) is 0 Å². The van der Waals surface area contributed by atoms with Crippen molar-refractivity contribution in [1.29, 1.82) is 0 Å². The molecule has 0 aliphatic carbocycles. The molecule has 0 radical (unpaired) electrons. The van der Waals surface area contributed by atoms with Gasteiger partial charge in [0, 0.05) is 31.3 Å². The zero-order chi connectivity index (χ0) is 24.9. The van der Waals surface area contributed by atoms with Crippen LogP contribution >= 0.6 is 11.8 Å². The number of nitrogens with two attached hydrogens (primary N) is 1. The lowest BCUT2D eigenvalue weighted by Crippen LogP contribution is -2.31. The summed E-state index contributed by atoms with van der Waals surface area (Å²) in [5.41, 5.74) is 12.2. The van der Waals surface area contributed by atoms with Crippen LogP contribution in [-0.4, -0.2) is 31.7 Å². The summed E-state index contributed by atoms with van der Waals surface area (Å²) in [4.78, 5) is 0. The van der Waals surface area contributed by atoms with E-state index in [1.165, 1.54) is 0 Å². The summed E-state index contributed by atoms with van der Waals surface area (Å²) in [5.74, 6) is 0.736. The molecule has 1 aliphatic rings. The molecule has 186 valence electrons. The van der Waals surface area contributed by atoms with Gasteiger partial charge in [0.2, 0.25) is 0 Å². The molecule has 2 heterocycles. The Bertz CT molecular complexity index is 1280. The first-order valence-corrected chi connectivity index (χ1v) is 13.0. The summed E-state index contributed by atoms with van der Waals surface area (Å²) in [6.45, 7) is 0.516. The zero-order valence-electron chi connectivity index (χ0n) is 20.2. The maximum atomic E-state index is 9.42. The van der Waals surface area contributed by atoms with Crippen LogP contribution in [0.2, 0.25) is 0 Å². The van der Waals surface area contributed by atoms with Gasteiger partial charge in [-0.25, -0.2) is 0 Å². The Balaban J connectivity index is 1.37. The molecule has 1 saturated heterocycles. The van der Waals surface area contributed by atoms with Gasteiger partial charge >= 0.3 is 0 Å². The summed E-state index contributed by atoms with van der Waals surface area (Å²) in [7, 11) is 1.94. The third-order valence-electron chi connectivity index (χ3n) is 6.41. The number of hydrogen-bond acceptors (Lipinski definition) is 7. The van der Waals surface area contributed by atoms with Crippen molar-refractivity contribution in [3.05, 3.63) is 101 Å². The van der Waals surface area contributed by atoms with Gasteiger partial charge in [0.05, 0.1) is 18.8 Å². The summed E-state index contributed by atoms with van der Waals surface area (Å²) in [5, 5.41) is 18.4. The van der Waals surface area contributed by atoms with Crippen LogP contribution < -0.4 is 5.73 Å². The van der Waals surface area contributed by atoms with Gasteiger partial charge in [0.15, 0.2) is 11.4 Å². The van der Waals surface area contributed by atoms with E-state index in [4.69, 9.17) is 15.2 Å². The largest absolute Gasteiger partial charge is 0.392 e. The number of thioether (sulfide) groups is 1. The molecule has 0 spiro atoms. The van der Waals surface area contributed by atoms with Crippen molar-refractivity contribution >= 4 is 11.8 Å². The highest BCUT2D eigenvalue weighted by Crippen LogP contribution is 2.39. The molecule has 0 amide bonds. The Kier molecular flexibility index (Phi) is 7.79. The average Bonchev–Trinajstić information content (AvgIpc) is 3.36. The third-order valence-corrected chi connectivity index (χ3v) is 7.58. The van der Waals surface area contributed by atoms with Crippen LogP contribution in [0, 0.1) is 0 Å². The predicted molar refractivity (Wildman–Crippen MR) is 140 cm³/mol. The Labute approximate surface area is 215 Å². The van der Waals surface area contributed by atoms with Gasteiger partial charge in [0.25, 0.3) is 0 Å². The smallest absolute Gasteiger partial charge is 0.190 e. The Morgan fingerprint density at radius 3 is 2.44 bits per heavy atom. The third kappa shape index (κ3) is 5.53. The first kappa shape index (κ1) is 24.7. The second-order valence-electron chi connectivity index (χ2n) is 8.87. The van der Waals surface area contributed by atoms with E-state index < -0.39 is 6.29 Å². The molecule has 7 nitrogen and oxygen atoms in total. The zero-order valence-corrected chi connectivity index (χ0v) is 21.0. The van der Waals surface area contributed by atoms with E-state index in [0.717, 1.165) is 50.7 Å². The topological polar surface area (TPSA) is 95.4 Å². The standard InChI is InChI=1S/C28H30N4O3S/c1-32-18-30-31-28(32)36-17-24-14-26(21-8-6-19(16-33)7-9-21)35-27(34-24)22-12-10-20(11-13-22)25-5-3-2-4-23(25)15-29/h2-13,18,24,26-27,33H,14-17,29H2,1H3. The van der Waals surface area contributed by atoms with E-state index in [2.05, 4.69) is 46.6 Å². The molecule has 3 N–H and O–H groups in total. The first-order valence-electron chi connectivity index (χ1n) is 12.0. The van der Waals surface area contributed by atoms with Crippen LogP contribution in [0.5, 0.6) is 0 Å². The van der Waals surface area contributed by atoms with Crippen LogP contribution in [-0.2, 0) is 29.7 Å². The molecule has 0 bridgehead atoms. The molecule has 36 heavy (non-hydrogen) atoms. The van der Waals surface area contributed by atoms with Crippen LogP contribution in [0.15, 0.2) is 84.3 Å². The molecular weight excluding hydrogens is 472 g/mol. The highest BCUT2D eigenvalue weighted by molar-refractivity contribution is 7.99. The summed E-state index contributed by atoms with van der Waals surface area (Å²) < 4.78 is 14.8. The summed E-state index contributed by atoms with van der Waals surface area (Å²) in [6, 6.07) is 24.5. The number of hydrogen-bond donors (Lipinski definition) is 2. The summed E-state index contributed by atoms with van der Waals surface area (Å²) >= 11 is 1.63. The molecular formula is C28H30N4O3S. The highest BCUT2D eigenvalue weighted by atomic mass is 32.2. The number of ether oxygens (including phenoxy) is 2. The van der Waals surface area contributed by atoms with Crippen LogP contribution in [0.3, 0.4) is 0 Å². The molecule has 0 saturated carbocycles. The van der Waals surface area contributed by atoms with E-state index in [9.17, 15) is 5.11 Å². The number of rotatable bonds is 8. The van der Waals surface area contributed by atoms with E-state index >= 15 is 0 Å². The molecule has 3 unspecified atom stereocenters. The normalized spacial score (nSPS) is 19.9. The van der Waals surface area contributed by atoms with Gasteiger partial charge in [-0.1, -0.05) is 84.6 Å². The molecule has 3 atom stereocenters.